The van der Waals surface area contributed by atoms with Gasteiger partial charge in [-0.15, -0.1) is 0 Å². The van der Waals surface area contributed by atoms with Crippen LogP contribution in [0.15, 0.2) is 34.7 Å². The van der Waals surface area contributed by atoms with Gasteiger partial charge in [-0.1, -0.05) is 0 Å². The number of aliphatic hydroxyl groups excluding tert-OH is 1. The van der Waals surface area contributed by atoms with Crippen LogP contribution in [-0.4, -0.2) is 64.7 Å². The molecule has 4 N–H and O–H groups in total. The molecule has 1 saturated heterocycles. The average Bonchev–Trinajstić information content (AvgIpc) is 3.27. The van der Waals surface area contributed by atoms with E-state index in [9.17, 15) is 9.90 Å². The highest BCUT2D eigenvalue weighted by Crippen LogP contribution is 2.47. The molecule has 168 valence electrons. The van der Waals surface area contributed by atoms with Gasteiger partial charge < -0.3 is 25.9 Å². The Balaban J connectivity index is 1.32. The van der Waals surface area contributed by atoms with Crippen molar-refractivity contribution in [2.75, 3.05) is 25.5 Å². The number of amides is 1. The maximum atomic E-state index is 13.3. The number of carbonyl (C=O) groups excluding carboxylic acids is 1. The minimum atomic E-state index is -0.879. The van der Waals surface area contributed by atoms with Gasteiger partial charge in [0.15, 0.2) is 6.29 Å². The summed E-state index contributed by atoms with van der Waals surface area (Å²) in [7, 11) is 2.13. The third-order valence-electron chi connectivity index (χ3n) is 7.12. The summed E-state index contributed by atoms with van der Waals surface area (Å²) < 4.78 is 5.31. The number of aliphatic hydroxyl groups is 1. The molecule has 2 fully saturated rings. The highest BCUT2D eigenvalue weighted by molar-refractivity contribution is 5.86. The van der Waals surface area contributed by atoms with E-state index in [1.807, 2.05) is 24.0 Å². The maximum absolute atomic E-state index is 13.3. The van der Waals surface area contributed by atoms with E-state index in [1.165, 1.54) is 6.34 Å². The Morgan fingerprint density at radius 1 is 1.42 bits per heavy atom. The molecule has 9 nitrogen and oxygen atoms in total. The van der Waals surface area contributed by atoms with Gasteiger partial charge in [0, 0.05) is 24.7 Å². The van der Waals surface area contributed by atoms with Crippen molar-refractivity contribution in [1.29, 1.82) is 0 Å². The van der Waals surface area contributed by atoms with Crippen molar-refractivity contribution < 1.29 is 14.6 Å². The van der Waals surface area contributed by atoms with Crippen molar-refractivity contribution in [3.8, 4) is 0 Å². The van der Waals surface area contributed by atoms with Crippen molar-refractivity contribution in [1.82, 2.24) is 14.8 Å². The van der Waals surface area contributed by atoms with Crippen LogP contribution in [0.3, 0.4) is 0 Å². The Kier molecular flexibility index (Phi) is 6.27. The first-order valence-electron chi connectivity index (χ1n) is 10.9. The minimum absolute atomic E-state index is 0.214. The van der Waals surface area contributed by atoms with E-state index < -0.39 is 6.29 Å². The highest BCUT2D eigenvalue weighted by atomic mass is 16.6. The Labute approximate surface area is 182 Å². The Hall–Kier alpha value is -2.49. The molecule has 1 atom stereocenters. The van der Waals surface area contributed by atoms with Crippen LogP contribution in [0.5, 0.6) is 0 Å². The van der Waals surface area contributed by atoms with Crippen LogP contribution in [0.25, 0.3) is 0 Å². The second kappa shape index (κ2) is 8.94. The summed E-state index contributed by atoms with van der Waals surface area (Å²) in [6, 6.07) is 4.40. The summed E-state index contributed by atoms with van der Waals surface area (Å²) >= 11 is 0. The number of hydrogen-bond donors (Lipinski definition) is 3. The molecule has 1 amide bonds. The largest absolute Gasteiger partial charge is 0.364 e. The average molecular weight is 429 g/mol. The molecule has 0 aromatic carbocycles. The van der Waals surface area contributed by atoms with Crippen LogP contribution in [-0.2, 0) is 16.1 Å². The maximum Gasteiger partial charge on any atom is 0.233 e. The zero-order chi connectivity index (χ0) is 22.0. The Morgan fingerprint density at radius 3 is 2.81 bits per heavy atom. The van der Waals surface area contributed by atoms with Crippen LogP contribution in [0.2, 0.25) is 0 Å². The molecule has 2 aliphatic heterocycles. The number of carbonyl (C=O) groups is 1. The number of ether oxygens (including phenoxy) is 1. The van der Waals surface area contributed by atoms with Gasteiger partial charge >= 0.3 is 0 Å². The van der Waals surface area contributed by atoms with E-state index >= 15 is 0 Å². The zero-order valence-corrected chi connectivity index (χ0v) is 18.3. The van der Waals surface area contributed by atoms with Crippen molar-refractivity contribution in [2.24, 2.45) is 16.4 Å². The fourth-order valence-electron chi connectivity index (χ4n) is 5.07. The fraction of sp³-hybridized carbons (Fsp3) is 0.591. The van der Waals surface area contributed by atoms with Gasteiger partial charge in [-0.05, 0) is 58.2 Å². The van der Waals surface area contributed by atoms with Crippen molar-refractivity contribution >= 4 is 17.9 Å². The summed E-state index contributed by atoms with van der Waals surface area (Å²) in [6.45, 7) is 3.66. The summed E-state index contributed by atoms with van der Waals surface area (Å²) in [4.78, 5) is 22.0. The molecule has 1 aliphatic carbocycles. The number of pyridine rings is 1. The fourth-order valence-corrected chi connectivity index (χ4v) is 5.07. The number of likely N-dealkylation sites (tertiary alicyclic amines) is 1. The molecular formula is C22H32N6O3. The Morgan fingerprint density at radius 2 is 2.19 bits per heavy atom. The molecular weight excluding hydrogens is 396 g/mol. The van der Waals surface area contributed by atoms with E-state index in [4.69, 9.17) is 10.6 Å². The molecule has 1 aromatic rings. The van der Waals surface area contributed by atoms with Crippen LogP contribution < -0.4 is 11.2 Å². The van der Waals surface area contributed by atoms with Gasteiger partial charge in [0.1, 0.15) is 6.34 Å². The van der Waals surface area contributed by atoms with E-state index in [1.54, 1.807) is 6.20 Å². The van der Waals surface area contributed by atoms with Crippen molar-refractivity contribution in [2.45, 2.75) is 57.9 Å². The number of nitrogens with one attached hydrogen (secondary N) is 1. The third-order valence-corrected chi connectivity index (χ3v) is 7.12. The smallest absolute Gasteiger partial charge is 0.233 e. The van der Waals surface area contributed by atoms with Gasteiger partial charge in [-0.25, -0.2) is 0 Å². The van der Waals surface area contributed by atoms with Crippen molar-refractivity contribution in [3.05, 3.63) is 35.3 Å². The highest BCUT2D eigenvalue weighted by Gasteiger charge is 2.50. The molecule has 1 spiro atoms. The van der Waals surface area contributed by atoms with Gasteiger partial charge in [-0.3, -0.25) is 14.7 Å². The molecule has 3 aliphatic rings. The normalized spacial score (nSPS) is 29.2. The predicted octanol–water partition coefficient (Wildman–Crippen LogP) is 1.61. The van der Waals surface area contributed by atoms with E-state index in [2.05, 4.69) is 27.3 Å². The number of anilines is 1. The predicted molar refractivity (Wildman–Crippen MR) is 118 cm³/mol. The first-order valence-corrected chi connectivity index (χ1v) is 10.9. The molecule has 3 heterocycles. The number of rotatable bonds is 6. The summed E-state index contributed by atoms with van der Waals surface area (Å²) in [6.07, 6.45) is 7.01. The first kappa shape index (κ1) is 21.7. The molecule has 0 radical (unpaired) electrons. The lowest BCUT2D eigenvalue weighted by Crippen LogP contribution is -2.42. The standard InChI is InChI=1S/C22H32N6O3/c1-15-19(13-31-20(15)29)28-10-9-22(21(28)30)7-5-18(6-8-22)27(2)12-17-4-3-16(11-24-17)25-14-26-23/h3-4,11,14,18,20,29H,5-10,12-13,23H2,1-2H3,(H,25,26)/t18-,20?,22+. The molecule has 0 bridgehead atoms. The Bertz CT molecular complexity index is 861. The van der Waals surface area contributed by atoms with Gasteiger partial charge in [0.25, 0.3) is 0 Å². The topological polar surface area (TPSA) is 116 Å². The summed E-state index contributed by atoms with van der Waals surface area (Å²) in [5.41, 5.74) is 3.21. The lowest BCUT2D eigenvalue weighted by atomic mass is 9.71. The molecule has 31 heavy (non-hydrogen) atoms. The third kappa shape index (κ3) is 4.30. The summed E-state index contributed by atoms with van der Waals surface area (Å²) in [5, 5.41) is 16.2. The second-order valence-electron chi connectivity index (χ2n) is 8.89. The number of nitrogens with zero attached hydrogens (tertiary/aromatic N) is 4. The minimum Gasteiger partial charge on any atom is -0.364 e. The number of nitrogens with two attached hydrogens (primary N) is 1. The molecule has 1 aromatic heterocycles. The SMILES string of the molecule is CC1=C(N2CC[C@]3(CC[C@H](N(C)Cc4ccc(N/C=N\N)cn4)CC3)C2=O)COC1O. The van der Waals surface area contributed by atoms with Crippen LogP contribution in [0, 0.1) is 5.41 Å². The van der Waals surface area contributed by atoms with E-state index in [-0.39, 0.29) is 11.3 Å². The van der Waals surface area contributed by atoms with E-state index in [0.717, 1.165) is 67.8 Å². The van der Waals surface area contributed by atoms with Gasteiger partial charge in [0.2, 0.25) is 5.91 Å². The van der Waals surface area contributed by atoms with E-state index in [0.29, 0.717) is 12.6 Å². The number of aromatic nitrogens is 1. The first-order chi connectivity index (χ1) is 14.9. The molecule has 1 unspecified atom stereocenters. The zero-order valence-electron chi connectivity index (χ0n) is 18.3. The van der Waals surface area contributed by atoms with Crippen LogP contribution in [0.1, 0.15) is 44.7 Å². The lowest BCUT2D eigenvalue weighted by Gasteiger charge is -2.39. The number of hydrazone groups is 1. The lowest BCUT2D eigenvalue weighted by molar-refractivity contribution is -0.137. The monoisotopic (exact) mass is 428 g/mol. The van der Waals surface area contributed by atoms with Crippen molar-refractivity contribution in [3.63, 3.8) is 0 Å². The second-order valence-corrected chi connectivity index (χ2v) is 8.89. The summed E-state index contributed by atoms with van der Waals surface area (Å²) in [5.74, 6) is 5.31. The van der Waals surface area contributed by atoms with Gasteiger partial charge in [-0.2, -0.15) is 5.10 Å². The quantitative estimate of drug-likeness (QED) is 0.273. The molecule has 9 heteroatoms. The molecule has 1 saturated carbocycles. The number of hydrogen-bond acceptors (Lipinski definition) is 7. The molecule has 4 rings (SSSR count). The van der Waals surface area contributed by atoms with Crippen LogP contribution in [0.4, 0.5) is 5.69 Å². The van der Waals surface area contributed by atoms with Gasteiger partial charge in [0.05, 0.1) is 35.3 Å². The van der Waals surface area contributed by atoms with Crippen LogP contribution >= 0.6 is 0 Å².